The third-order valence-electron chi connectivity index (χ3n) is 21.3. The van der Waals surface area contributed by atoms with Gasteiger partial charge in [0, 0.05) is 110 Å². The van der Waals surface area contributed by atoms with Gasteiger partial charge in [-0.05, 0) is 161 Å². The van der Waals surface area contributed by atoms with Crippen LogP contribution in [0.15, 0.2) is 268 Å². The fraction of sp³-hybridized carbons (Fsp3) is 0.351. The molecule has 3 N–H and O–H groups in total. The summed E-state index contributed by atoms with van der Waals surface area (Å²) < 4.78 is 38.0. The summed E-state index contributed by atoms with van der Waals surface area (Å²) in [5.74, 6) is -6.32. The first kappa shape index (κ1) is 93.9. The molecule has 0 bridgehead atoms. The third kappa shape index (κ3) is 24.7. The molecule has 648 valence electrons. The summed E-state index contributed by atoms with van der Waals surface area (Å²) in [6, 6.07) is 61.2. The molecule has 11 rings (SSSR count). The molecular formula is C97H112N8O18. The Morgan fingerprint density at radius 1 is 0.480 bits per heavy atom. The van der Waals surface area contributed by atoms with E-state index >= 15 is 0 Å². The van der Waals surface area contributed by atoms with Crippen LogP contribution in [0.1, 0.15) is 171 Å². The van der Waals surface area contributed by atoms with E-state index in [2.05, 4.69) is 128 Å². The number of carbonyl (C=O) groups excluding carboxylic acids is 7. The van der Waals surface area contributed by atoms with E-state index < -0.39 is 80.6 Å². The second kappa shape index (κ2) is 43.5. The van der Waals surface area contributed by atoms with E-state index in [9.17, 15) is 53.8 Å². The molecule has 7 aromatic carbocycles. The van der Waals surface area contributed by atoms with E-state index in [4.69, 9.17) is 33.2 Å². The van der Waals surface area contributed by atoms with Crippen molar-refractivity contribution in [2.45, 2.75) is 137 Å². The second-order valence-corrected chi connectivity index (χ2v) is 31.8. The van der Waals surface area contributed by atoms with Gasteiger partial charge in [0.1, 0.15) is 17.8 Å². The fourth-order valence-corrected chi connectivity index (χ4v) is 16.1. The van der Waals surface area contributed by atoms with Crippen LogP contribution in [-0.4, -0.2) is 164 Å². The van der Waals surface area contributed by atoms with Gasteiger partial charge in [-0.1, -0.05) is 170 Å². The molecule has 4 heterocycles. The van der Waals surface area contributed by atoms with Gasteiger partial charge in [0.2, 0.25) is 0 Å². The molecule has 4 aliphatic heterocycles. The van der Waals surface area contributed by atoms with E-state index in [1.165, 1.54) is 78.9 Å². The number of rotatable bonds is 29. The molecule has 4 aliphatic rings. The zero-order valence-electron chi connectivity index (χ0n) is 72.9. The Labute approximate surface area is 719 Å². The van der Waals surface area contributed by atoms with Gasteiger partial charge >= 0.3 is 41.8 Å². The Bertz CT molecular complexity index is 5090. The number of nitro benzene ring substituents is 2. The SMILES string of the molecule is CCOC(=O)C1=C(C)NC(C)=C(C(=O)OCC)C1c1ccccc1/C=C/C(=O)OC(C)(C)C.COC(=O)C1=C(C)NC(C)=C(C(=O)OC(C)(C)CN(C)CCC(c2ccccc2)c2ccccc2)C1c1cccc([N+](=O)[O-])c1.COC(=O)C1=C(C)NC(C)=C(C(=O)OCCN2CCN(C(c3ccccc3)c3ccccc3)CC2)C1c1cccc([N+](=O)[O-])c1. The second-order valence-electron chi connectivity index (χ2n) is 31.8. The number of piperazine rings is 1. The van der Waals surface area contributed by atoms with E-state index in [0.29, 0.717) is 80.7 Å². The van der Waals surface area contributed by atoms with Crippen LogP contribution < -0.4 is 16.0 Å². The van der Waals surface area contributed by atoms with Crippen molar-refractivity contribution in [1.82, 2.24) is 30.7 Å². The fourth-order valence-electron chi connectivity index (χ4n) is 16.1. The van der Waals surface area contributed by atoms with Gasteiger partial charge in [-0.2, -0.15) is 0 Å². The summed E-state index contributed by atoms with van der Waals surface area (Å²) in [5.41, 5.74) is 10.0. The van der Waals surface area contributed by atoms with E-state index in [1.807, 2.05) is 69.4 Å². The smallest absolute Gasteiger partial charge is 0.337 e. The maximum absolute atomic E-state index is 14.0. The van der Waals surface area contributed by atoms with Crippen molar-refractivity contribution in [3.05, 3.63) is 333 Å². The minimum Gasteiger partial charge on any atom is -0.466 e. The van der Waals surface area contributed by atoms with E-state index in [0.717, 1.165) is 39.1 Å². The number of carbonyl (C=O) groups is 7. The third-order valence-corrected chi connectivity index (χ3v) is 21.3. The van der Waals surface area contributed by atoms with E-state index in [1.54, 1.807) is 94.4 Å². The average Bonchev–Trinajstić information content (AvgIpc) is 0.767. The molecule has 0 amide bonds. The summed E-state index contributed by atoms with van der Waals surface area (Å²) >= 11 is 0. The number of non-ortho nitro benzene ring substituents is 2. The lowest BCUT2D eigenvalue weighted by molar-refractivity contribution is -0.385. The van der Waals surface area contributed by atoms with Gasteiger partial charge in [0.05, 0.1) is 94.5 Å². The molecule has 0 aromatic heterocycles. The normalized spacial score (nSPS) is 16.0. The predicted octanol–water partition coefficient (Wildman–Crippen LogP) is 15.8. The molecule has 0 spiro atoms. The van der Waals surface area contributed by atoms with Crippen LogP contribution in [0.4, 0.5) is 11.4 Å². The Morgan fingerprint density at radius 2 is 0.862 bits per heavy atom. The van der Waals surface area contributed by atoms with Crippen LogP contribution in [0.3, 0.4) is 0 Å². The van der Waals surface area contributed by atoms with Gasteiger partial charge in [-0.3, -0.25) is 30.0 Å². The first-order valence-electron chi connectivity index (χ1n) is 41.0. The lowest BCUT2D eigenvalue weighted by atomic mass is 9.78. The first-order chi connectivity index (χ1) is 58.7. The number of likely N-dealkylation sites (N-methyl/N-ethyl adjacent to an activating group) is 1. The minimum absolute atomic E-state index is 0.140. The van der Waals surface area contributed by atoms with Crippen molar-refractivity contribution in [3.63, 3.8) is 0 Å². The lowest BCUT2D eigenvalue weighted by Crippen LogP contribution is -2.48. The monoisotopic (exact) mass is 1680 g/mol. The zero-order chi connectivity index (χ0) is 89.4. The van der Waals surface area contributed by atoms with Gasteiger partial charge in [-0.25, -0.2) is 33.6 Å². The number of nitro groups is 2. The summed E-state index contributed by atoms with van der Waals surface area (Å²) in [4.78, 5) is 121. The number of dihydropyridines is 3. The maximum Gasteiger partial charge on any atom is 0.337 e. The first-order valence-corrected chi connectivity index (χ1v) is 41.0. The Kier molecular flexibility index (Phi) is 33.3. The van der Waals surface area contributed by atoms with Crippen LogP contribution >= 0.6 is 0 Å². The average molecular weight is 1680 g/mol. The van der Waals surface area contributed by atoms with E-state index in [-0.39, 0.29) is 65.4 Å². The number of benzene rings is 7. The summed E-state index contributed by atoms with van der Waals surface area (Å²) in [5, 5.41) is 32.4. The highest BCUT2D eigenvalue weighted by molar-refractivity contribution is 6.02. The number of nitrogens with one attached hydrogen (secondary N) is 3. The Balaban J connectivity index is 0.000000212. The molecule has 0 aliphatic carbocycles. The minimum atomic E-state index is -0.919. The molecule has 0 saturated carbocycles. The van der Waals surface area contributed by atoms with Crippen LogP contribution in [0.2, 0.25) is 0 Å². The van der Waals surface area contributed by atoms with Gasteiger partial charge in [0.25, 0.3) is 11.4 Å². The lowest BCUT2D eigenvalue weighted by Gasteiger charge is -2.39. The molecule has 123 heavy (non-hydrogen) atoms. The molecule has 2 unspecified atom stereocenters. The largest absolute Gasteiger partial charge is 0.466 e. The molecule has 7 aromatic rings. The number of hydrogen-bond donors (Lipinski definition) is 3. The van der Waals surface area contributed by atoms with Crippen LogP contribution in [0.5, 0.6) is 0 Å². The standard InChI is InChI=1S/C36H41N3O6.C35H38N4O6.C26H33NO6/c1-24-31(34(40)44-6)33(28-18-13-19-29(22-28)39(42)43)32(25(2)37-24)35(41)45-36(3,4)23-38(5)21-20-30(26-14-9-7-10-15-26)27-16-11-8-12-17-27;1-24-30(34(40)44-3)32(28-15-10-16-29(23-28)39(42)43)31(25(2)36-24)35(41)45-22-21-37-17-19-38(20-18-37)33(26-11-6-4-7-12-26)27-13-8-5-9-14-27;1-8-31-24(29)21-16(3)27-17(4)22(25(30)32-9-2)23(21)19-13-11-10-12-18(19)14-15-20(28)33-26(5,6)7/h7-19,22,30,33,37H,20-21,23H2,1-6H3;4-16,23,32-33,36H,17-22H2,1-3H3;10-15,23,27H,8-9H2,1-7H3/b;;15-14+. The highest BCUT2D eigenvalue weighted by atomic mass is 16.6. The zero-order valence-corrected chi connectivity index (χ0v) is 72.9. The van der Waals surface area contributed by atoms with Crippen LogP contribution in [-0.2, 0) is 66.7 Å². The maximum atomic E-state index is 14.0. The predicted molar refractivity (Wildman–Crippen MR) is 469 cm³/mol. The molecular weight excluding hydrogens is 1570 g/mol. The van der Waals surface area contributed by atoms with Crippen molar-refractivity contribution in [2.24, 2.45) is 0 Å². The number of hydrogen-bond acceptors (Lipinski definition) is 24. The van der Waals surface area contributed by atoms with Crippen LogP contribution in [0.25, 0.3) is 6.08 Å². The van der Waals surface area contributed by atoms with Crippen molar-refractivity contribution < 1.29 is 76.6 Å². The summed E-state index contributed by atoms with van der Waals surface area (Å²) in [6.07, 6.45) is 3.83. The molecule has 0 radical (unpaired) electrons. The number of allylic oxidation sites excluding steroid dienone is 6. The molecule has 2 atom stereocenters. The summed E-state index contributed by atoms with van der Waals surface area (Å²) in [6.45, 7) is 28.6. The Morgan fingerprint density at radius 3 is 1.27 bits per heavy atom. The molecule has 26 nitrogen and oxygen atoms in total. The van der Waals surface area contributed by atoms with Crippen molar-refractivity contribution in [2.75, 3.05) is 86.9 Å². The topological polar surface area (TPSA) is 316 Å². The molecule has 1 fully saturated rings. The number of methoxy groups -OCH3 is 2. The number of ether oxygens (including phenoxy) is 7. The van der Waals surface area contributed by atoms with Gasteiger partial charge in [-0.15, -0.1) is 0 Å². The highest BCUT2D eigenvalue weighted by Gasteiger charge is 2.43. The van der Waals surface area contributed by atoms with Crippen molar-refractivity contribution in [1.29, 1.82) is 0 Å². The molecule has 1 saturated heterocycles. The van der Waals surface area contributed by atoms with Gasteiger partial charge < -0.3 is 54.0 Å². The van der Waals surface area contributed by atoms with Crippen LogP contribution in [0, 0.1) is 20.2 Å². The summed E-state index contributed by atoms with van der Waals surface area (Å²) in [7, 11) is 4.52. The molecule has 26 heteroatoms. The number of nitrogens with zero attached hydrogens (tertiary/aromatic N) is 5. The van der Waals surface area contributed by atoms with Crippen molar-refractivity contribution in [3.8, 4) is 0 Å². The highest BCUT2D eigenvalue weighted by Crippen LogP contribution is 2.45. The van der Waals surface area contributed by atoms with Crippen molar-refractivity contribution >= 4 is 59.2 Å². The van der Waals surface area contributed by atoms with Gasteiger partial charge in [0.15, 0.2) is 0 Å². The quantitative estimate of drug-likeness (QED) is 0.0129. The number of esters is 7. The Hall–Kier alpha value is -12.9.